The average molecular weight is 517 g/mol. The van der Waals surface area contributed by atoms with Crippen molar-refractivity contribution < 1.29 is 27.8 Å². The van der Waals surface area contributed by atoms with Crippen molar-refractivity contribution in [3.63, 3.8) is 0 Å². The van der Waals surface area contributed by atoms with Gasteiger partial charge in [0.1, 0.15) is 6.04 Å². The number of halogens is 2. The Balaban J connectivity index is 1.60. The Labute approximate surface area is 215 Å². The van der Waals surface area contributed by atoms with Gasteiger partial charge in [0.2, 0.25) is 11.8 Å². The highest BCUT2D eigenvalue weighted by molar-refractivity contribution is 5.98. The molecule has 2 aromatic rings. The van der Waals surface area contributed by atoms with E-state index in [4.69, 9.17) is 14.9 Å². The zero-order valence-electron chi connectivity index (χ0n) is 21.2. The van der Waals surface area contributed by atoms with Gasteiger partial charge in [-0.25, -0.2) is 8.78 Å². The van der Waals surface area contributed by atoms with Crippen molar-refractivity contribution in [1.82, 2.24) is 16.0 Å². The third-order valence-electron chi connectivity index (χ3n) is 6.46. The first-order valence-electron chi connectivity index (χ1n) is 12.4. The van der Waals surface area contributed by atoms with Crippen LogP contribution in [0.5, 0.6) is 11.5 Å². The van der Waals surface area contributed by atoms with Crippen LogP contribution in [0.15, 0.2) is 36.4 Å². The summed E-state index contributed by atoms with van der Waals surface area (Å²) in [6.45, 7) is 0.154. The SMILES string of the molecule is COc1ccc(CC(=O)NC(=N)N[C@H](CC2CCCCC2)C(=O)NCc2ccc(F)c(OC)c2)cc1F. The smallest absolute Gasteiger partial charge is 0.242 e. The molecule has 0 spiro atoms. The van der Waals surface area contributed by atoms with Gasteiger partial charge in [0.25, 0.3) is 0 Å². The van der Waals surface area contributed by atoms with Crippen LogP contribution in [0.3, 0.4) is 0 Å². The van der Waals surface area contributed by atoms with Crippen molar-refractivity contribution in [1.29, 1.82) is 5.41 Å². The van der Waals surface area contributed by atoms with Crippen LogP contribution in [0.2, 0.25) is 0 Å². The maximum Gasteiger partial charge on any atom is 0.242 e. The van der Waals surface area contributed by atoms with Crippen molar-refractivity contribution in [2.75, 3.05) is 14.2 Å². The van der Waals surface area contributed by atoms with Crippen LogP contribution < -0.4 is 25.4 Å². The molecule has 4 N–H and O–H groups in total. The molecule has 0 heterocycles. The molecule has 0 bridgehead atoms. The topological polar surface area (TPSA) is 113 Å². The second-order valence-corrected chi connectivity index (χ2v) is 9.19. The molecule has 0 unspecified atom stereocenters. The fourth-order valence-corrected chi connectivity index (χ4v) is 4.51. The number of nitrogens with one attached hydrogen (secondary N) is 4. The third kappa shape index (κ3) is 8.44. The molecule has 0 radical (unpaired) electrons. The number of hydrogen-bond acceptors (Lipinski definition) is 5. The molecule has 10 heteroatoms. The zero-order chi connectivity index (χ0) is 26.8. The molecule has 1 atom stereocenters. The molecule has 1 fully saturated rings. The van der Waals surface area contributed by atoms with Gasteiger partial charge in [0.05, 0.1) is 20.6 Å². The minimum absolute atomic E-state index is 0.0780. The number of benzene rings is 2. The molecule has 200 valence electrons. The summed E-state index contributed by atoms with van der Waals surface area (Å²) in [5, 5.41) is 16.3. The predicted octanol–water partition coefficient (Wildman–Crippen LogP) is 3.82. The fraction of sp³-hybridized carbons (Fsp3) is 0.444. The first-order valence-corrected chi connectivity index (χ1v) is 12.4. The van der Waals surface area contributed by atoms with E-state index in [0.29, 0.717) is 23.5 Å². The number of rotatable bonds is 10. The van der Waals surface area contributed by atoms with Crippen LogP contribution in [-0.2, 0) is 22.6 Å². The molecule has 0 aliphatic heterocycles. The summed E-state index contributed by atoms with van der Waals surface area (Å²) < 4.78 is 37.5. The zero-order valence-corrected chi connectivity index (χ0v) is 21.2. The van der Waals surface area contributed by atoms with Gasteiger partial charge in [-0.3, -0.25) is 20.3 Å². The van der Waals surface area contributed by atoms with Crippen molar-refractivity contribution in [3.8, 4) is 11.5 Å². The second kappa shape index (κ2) is 13.6. The van der Waals surface area contributed by atoms with Gasteiger partial charge in [-0.1, -0.05) is 44.2 Å². The molecule has 8 nitrogen and oxygen atoms in total. The lowest BCUT2D eigenvalue weighted by Crippen LogP contribution is -2.52. The van der Waals surface area contributed by atoms with Crippen LogP contribution >= 0.6 is 0 Å². The van der Waals surface area contributed by atoms with Gasteiger partial charge in [0, 0.05) is 6.54 Å². The first kappa shape index (κ1) is 27.9. The van der Waals surface area contributed by atoms with Crippen LogP contribution in [0.1, 0.15) is 49.7 Å². The van der Waals surface area contributed by atoms with Gasteiger partial charge in [-0.2, -0.15) is 0 Å². The lowest BCUT2D eigenvalue weighted by atomic mass is 9.84. The number of carbonyl (C=O) groups is 2. The van der Waals surface area contributed by atoms with Crippen LogP contribution in [0.25, 0.3) is 0 Å². The lowest BCUT2D eigenvalue weighted by Gasteiger charge is -2.27. The highest BCUT2D eigenvalue weighted by Gasteiger charge is 2.25. The van der Waals surface area contributed by atoms with E-state index in [-0.39, 0.29) is 36.3 Å². The lowest BCUT2D eigenvalue weighted by molar-refractivity contribution is -0.123. The van der Waals surface area contributed by atoms with E-state index in [1.54, 1.807) is 12.1 Å². The summed E-state index contributed by atoms with van der Waals surface area (Å²) in [5.41, 5.74) is 1.09. The van der Waals surface area contributed by atoms with Crippen LogP contribution in [0.4, 0.5) is 8.78 Å². The van der Waals surface area contributed by atoms with E-state index < -0.39 is 23.6 Å². The van der Waals surface area contributed by atoms with Crippen LogP contribution in [0, 0.1) is 23.0 Å². The molecule has 0 aromatic heterocycles. The maximum absolute atomic E-state index is 13.9. The van der Waals surface area contributed by atoms with Gasteiger partial charge in [0.15, 0.2) is 29.1 Å². The molecule has 2 aromatic carbocycles. The Morgan fingerprint density at radius 3 is 2.35 bits per heavy atom. The summed E-state index contributed by atoms with van der Waals surface area (Å²) in [7, 11) is 2.73. The second-order valence-electron chi connectivity index (χ2n) is 9.19. The Hall–Kier alpha value is -3.69. The Morgan fingerprint density at radius 1 is 0.973 bits per heavy atom. The highest BCUT2D eigenvalue weighted by Crippen LogP contribution is 2.27. The number of hydrogen-bond donors (Lipinski definition) is 4. The quantitative estimate of drug-likeness (QED) is 0.283. The molecule has 0 saturated heterocycles. The number of ether oxygens (including phenoxy) is 2. The van der Waals surface area contributed by atoms with E-state index in [1.807, 2.05) is 0 Å². The van der Waals surface area contributed by atoms with Gasteiger partial charge in [-0.15, -0.1) is 0 Å². The number of guanidine groups is 1. The number of carbonyl (C=O) groups excluding carboxylic acids is 2. The standard InChI is InChI=1S/C27H34F2N4O4/c1-36-23-11-9-18(12-21(23)29)15-25(34)33-27(30)32-22(13-17-6-4-3-5-7-17)26(35)31-16-19-8-10-20(28)24(14-19)37-2/h8-12,14,17,22H,3-7,13,15-16H2,1-2H3,(H,31,35)(H3,30,32,33,34)/t22-/m1/s1. The average Bonchev–Trinajstić information content (AvgIpc) is 2.88. The maximum atomic E-state index is 13.9. The molecule has 2 amide bonds. The summed E-state index contributed by atoms with van der Waals surface area (Å²) >= 11 is 0. The molecule has 1 aliphatic rings. The molecule has 3 rings (SSSR count). The molecular formula is C27H34F2N4O4. The summed E-state index contributed by atoms with van der Waals surface area (Å²) in [5.74, 6) is -1.73. The minimum atomic E-state index is -0.739. The third-order valence-corrected chi connectivity index (χ3v) is 6.46. The fourth-order valence-electron chi connectivity index (χ4n) is 4.51. The molecule has 1 saturated carbocycles. The Morgan fingerprint density at radius 2 is 1.68 bits per heavy atom. The van der Waals surface area contributed by atoms with Crippen LogP contribution in [-0.4, -0.2) is 38.0 Å². The largest absolute Gasteiger partial charge is 0.494 e. The number of methoxy groups -OCH3 is 2. The summed E-state index contributed by atoms with van der Waals surface area (Å²) in [6.07, 6.45) is 5.75. The van der Waals surface area contributed by atoms with E-state index >= 15 is 0 Å². The summed E-state index contributed by atoms with van der Waals surface area (Å²) in [6, 6.07) is 7.83. The number of amides is 2. The Kier molecular flexibility index (Phi) is 10.2. The molecule has 1 aliphatic carbocycles. The minimum Gasteiger partial charge on any atom is -0.494 e. The van der Waals surface area contributed by atoms with Crippen molar-refractivity contribution in [2.24, 2.45) is 5.92 Å². The summed E-state index contributed by atoms with van der Waals surface area (Å²) in [4.78, 5) is 25.5. The van der Waals surface area contributed by atoms with Crippen molar-refractivity contribution >= 4 is 17.8 Å². The normalized spacial score (nSPS) is 14.4. The highest BCUT2D eigenvalue weighted by atomic mass is 19.1. The van der Waals surface area contributed by atoms with Gasteiger partial charge in [-0.05, 0) is 47.7 Å². The molecular weight excluding hydrogens is 482 g/mol. The van der Waals surface area contributed by atoms with Gasteiger partial charge >= 0.3 is 0 Å². The van der Waals surface area contributed by atoms with E-state index in [9.17, 15) is 18.4 Å². The van der Waals surface area contributed by atoms with Crippen molar-refractivity contribution in [2.45, 2.75) is 57.5 Å². The van der Waals surface area contributed by atoms with E-state index in [2.05, 4.69) is 16.0 Å². The monoisotopic (exact) mass is 516 g/mol. The Bertz CT molecular complexity index is 1110. The van der Waals surface area contributed by atoms with Crippen molar-refractivity contribution in [3.05, 3.63) is 59.2 Å². The van der Waals surface area contributed by atoms with E-state index in [1.165, 1.54) is 44.9 Å². The molecule has 37 heavy (non-hydrogen) atoms. The van der Waals surface area contributed by atoms with E-state index in [0.717, 1.165) is 25.7 Å². The van der Waals surface area contributed by atoms with Gasteiger partial charge < -0.3 is 20.1 Å². The predicted molar refractivity (Wildman–Crippen MR) is 135 cm³/mol. The first-order chi connectivity index (χ1) is 17.8.